The average Bonchev–Trinajstić information content (AvgIpc) is 2.21. The van der Waals surface area contributed by atoms with E-state index >= 15 is 0 Å². The van der Waals surface area contributed by atoms with Crippen LogP contribution in [-0.2, 0) is 0 Å². The van der Waals surface area contributed by atoms with Crippen LogP contribution in [0.3, 0.4) is 0 Å². The molecule has 0 radical (unpaired) electrons. The van der Waals surface area contributed by atoms with Gasteiger partial charge in [-0.3, -0.25) is 0 Å². The fraction of sp³-hybridized carbons (Fsp3) is 1.00. The quantitative estimate of drug-likeness (QED) is 0.816. The molecule has 3 heteroatoms. The van der Waals surface area contributed by atoms with Gasteiger partial charge in [-0.25, -0.2) is 0 Å². The predicted octanol–water partition coefficient (Wildman–Crippen LogP) is 3.77. The Bertz CT molecular complexity index is 196. The number of nitrogens with two attached hydrogens (primary N) is 1. The van der Waals surface area contributed by atoms with Gasteiger partial charge in [0.15, 0.2) is 0 Å². The lowest BCUT2D eigenvalue weighted by molar-refractivity contribution is 0.495. The van der Waals surface area contributed by atoms with Crippen molar-refractivity contribution in [2.45, 2.75) is 68.7 Å². The topological polar surface area (TPSA) is 26.0 Å². The number of thioether (sulfide) groups is 2. The standard InChI is InChI=1S/C13H27NS2/c1-9(2)6-5-7-12(14)13-8-15-10(3)11(4)16-13/h9-13H,5-8,14H2,1-4H3. The molecule has 1 fully saturated rings. The van der Waals surface area contributed by atoms with E-state index in [-0.39, 0.29) is 0 Å². The molecule has 0 bridgehead atoms. The van der Waals surface area contributed by atoms with E-state index in [0.29, 0.717) is 11.3 Å². The molecular weight excluding hydrogens is 234 g/mol. The molecule has 4 unspecified atom stereocenters. The van der Waals surface area contributed by atoms with Crippen molar-refractivity contribution in [3.63, 3.8) is 0 Å². The van der Waals surface area contributed by atoms with Gasteiger partial charge < -0.3 is 5.73 Å². The Kier molecular flexibility index (Phi) is 6.60. The van der Waals surface area contributed by atoms with E-state index < -0.39 is 0 Å². The summed E-state index contributed by atoms with van der Waals surface area (Å²) in [6, 6.07) is 0.409. The number of hydrogen-bond acceptors (Lipinski definition) is 3. The molecule has 0 amide bonds. The molecule has 1 aliphatic heterocycles. The Morgan fingerprint density at radius 2 is 1.88 bits per heavy atom. The molecule has 1 aliphatic rings. The SMILES string of the molecule is CC(C)CCCC(N)C1CSC(C)C(C)S1. The molecule has 16 heavy (non-hydrogen) atoms. The van der Waals surface area contributed by atoms with Crippen LogP contribution in [0.1, 0.15) is 47.0 Å². The molecule has 1 nitrogen and oxygen atoms in total. The average molecular weight is 262 g/mol. The molecule has 1 saturated heterocycles. The Labute approximate surface area is 110 Å². The summed E-state index contributed by atoms with van der Waals surface area (Å²) in [5.41, 5.74) is 6.31. The van der Waals surface area contributed by atoms with Crippen LogP contribution >= 0.6 is 23.5 Å². The Morgan fingerprint density at radius 1 is 1.19 bits per heavy atom. The van der Waals surface area contributed by atoms with E-state index in [1.165, 1.54) is 25.0 Å². The van der Waals surface area contributed by atoms with Crippen LogP contribution in [0, 0.1) is 5.92 Å². The zero-order valence-corrected chi connectivity index (χ0v) is 12.7. The van der Waals surface area contributed by atoms with Gasteiger partial charge in [0, 0.05) is 27.5 Å². The molecule has 0 aromatic carbocycles. The molecule has 4 atom stereocenters. The van der Waals surface area contributed by atoms with Crippen molar-refractivity contribution in [1.29, 1.82) is 0 Å². The zero-order valence-electron chi connectivity index (χ0n) is 11.1. The maximum Gasteiger partial charge on any atom is 0.0292 e. The highest BCUT2D eigenvalue weighted by atomic mass is 32.2. The number of hydrogen-bond donors (Lipinski definition) is 1. The van der Waals surface area contributed by atoms with Gasteiger partial charge in [0.05, 0.1) is 0 Å². The normalized spacial score (nSPS) is 33.0. The van der Waals surface area contributed by atoms with Crippen LogP contribution in [0.2, 0.25) is 0 Å². The zero-order chi connectivity index (χ0) is 12.1. The van der Waals surface area contributed by atoms with Gasteiger partial charge in [0.25, 0.3) is 0 Å². The summed E-state index contributed by atoms with van der Waals surface area (Å²) in [5.74, 6) is 2.07. The van der Waals surface area contributed by atoms with Gasteiger partial charge in [-0.2, -0.15) is 23.5 Å². The molecule has 0 aromatic rings. The summed E-state index contributed by atoms with van der Waals surface area (Å²) in [7, 11) is 0. The second-order valence-corrected chi connectivity index (χ2v) is 8.44. The highest BCUT2D eigenvalue weighted by molar-refractivity contribution is 8.07. The second kappa shape index (κ2) is 7.17. The molecule has 0 aromatic heterocycles. The van der Waals surface area contributed by atoms with E-state index in [4.69, 9.17) is 5.73 Å². The molecule has 96 valence electrons. The maximum atomic E-state index is 6.31. The molecule has 0 saturated carbocycles. The minimum atomic E-state index is 0.409. The fourth-order valence-corrected chi connectivity index (χ4v) is 5.08. The third-order valence-electron chi connectivity index (χ3n) is 3.37. The van der Waals surface area contributed by atoms with Crippen LogP contribution in [0.15, 0.2) is 0 Å². The molecule has 0 aliphatic carbocycles. The Balaban J connectivity index is 2.23. The lowest BCUT2D eigenvalue weighted by Gasteiger charge is -2.34. The van der Waals surface area contributed by atoms with Gasteiger partial charge >= 0.3 is 0 Å². The van der Waals surface area contributed by atoms with Gasteiger partial charge in [-0.1, -0.05) is 40.5 Å². The van der Waals surface area contributed by atoms with Crippen molar-refractivity contribution < 1.29 is 0 Å². The maximum absolute atomic E-state index is 6.31. The summed E-state index contributed by atoms with van der Waals surface area (Å²) in [6.07, 6.45) is 3.83. The van der Waals surface area contributed by atoms with Crippen molar-refractivity contribution >= 4 is 23.5 Å². The van der Waals surface area contributed by atoms with Gasteiger partial charge in [-0.05, 0) is 12.3 Å². The third-order valence-corrected chi connectivity index (χ3v) is 6.94. The van der Waals surface area contributed by atoms with Crippen LogP contribution in [-0.4, -0.2) is 27.5 Å². The monoisotopic (exact) mass is 261 g/mol. The van der Waals surface area contributed by atoms with Crippen molar-refractivity contribution in [1.82, 2.24) is 0 Å². The first-order valence-electron chi connectivity index (χ1n) is 6.53. The predicted molar refractivity (Wildman–Crippen MR) is 79.4 cm³/mol. The van der Waals surface area contributed by atoms with E-state index in [1.807, 2.05) is 0 Å². The molecular formula is C13H27NS2. The van der Waals surface area contributed by atoms with E-state index in [2.05, 4.69) is 51.2 Å². The van der Waals surface area contributed by atoms with Crippen molar-refractivity contribution in [3.8, 4) is 0 Å². The van der Waals surface area contributed by atoms with E-state index in [9.17, 15) is 0 Å². The summed E-state index contributed by atoms with van der Waals surface area (Å²) in [4.78, 5) is 0. The summed E-state index contributed by atoms with van der Waals surface area (Å²) < 4.78 is 0. The highest BCUT2D eigenvalue weighted by Crippen LogP contribution is 2.37. The van der Waals surface area contributed by atoms with Crippen LogP contribution in [0.4, 0.5) is 0 Å². The minimum Gasteiger partial charge on any atom is -0.327 e. The fourth-order valence-electron chi connectivity index (χ4n) is 1.98. The number of rotatable bonds is 5. The van der Waals surface area contributed by atoms with Gasteiger partial charge in [0.1, 0.15) is 0 Å². The van der Waals surface area contributed by atoms with Crippen LogP contribution in [0.25, 0.3) is 0 Å². The van der Waals surface area contributed by atoms with Crippen LogP contribution < -0.4 is 5.73 Å². The van der Waals surface area contributed by atoms with Gasteiger partial charge in [0.2, 0.25) is 0 Å². The van der Waals surface area contributed by atoms with Crippen LogP contribution in [0.5, 0.6) is 0 Å². The van der Waals surface area contributed by atoms with Crippen molar-refractivity contribution in [3.05, 3.63) is 0 Å². The summed E-state index contributed by atoms with van der Waals surface area (Å²) in [5, 5.41) is 2.24. The first-order valence-corrected chi connectivity index (χ1v) is 8.52. The van der Waals surface area contributed by atoms with Crippen molar-refractivity contribution in [2.24, 2.45) is 11.7 Å². The lowest BCUT2D eigenvalue weighted by Crippen LogP contribution is -2.39. The second-order valence-electron chi connectivity index (χ2n) is 5.41. The van der Waals surface area contributed by atoms with Crippen molar-refractivity contribution in [2.75, 3.05) is 5.75 Å². The highest BCUT2D eigenvalue weighted by Gasteiger charge is 2.29. The smallest absolute Gasteiger partial charge is 0.0292 e. The lowest BCUT2D eigenvalue weighted by atomic mass is 10.0. The Morgan fingerprint density at radius 3 is 2.44 bits per heavy atom. The first-order chi connectivity index (χ1) is 7.50. The van der Waals surface area contributed by atoms with Gasteiger partial charge in [-0.15, -0.1) is 0 Å². The first kappa shape index (κ1) is 14.7. The summed E-state index contributed by atoms with van der Waals surface area (Å²) >= 11 is 4.22. The van der Waals surface area contributed by atoms with E-state index in [0.717, 1.165) is 16.4 Å². The third kappa shape index (κ3) is 4.89. The molecule has 2 N–H and O–H groups in total. The Hall–Kier alpha value is 0.660. The molecule has 0 spiro atoms. The minimum absolute atomic E-state index is 0.409. The molecule has 1 heterocycles. The van der Waals surface area contributed by atoms with E-state index in [1.54, 1.807) is 0 Å². The molecule has 1 rings (SSSR count). The largest absolute Gasteiger partial charge is 0.327 e. The summed E-state index contributed by atoms with van der Waals surface area (Å²) in [6.45, 7) is 9.26.